The van der Waals surface area contributed by atoms with Crippen LogP contribution in [0.1, 0.15) is 24.0 Å². The van der Waals surface area contributed by atoms with Crippen LogP contribution in [0, 0.1) is 0 Å². The molecule has 0 bridgehead atoms. The Labute approximate surface area is 216 Å². The summed E-state index contributed by atoms with van der Waals surface area (Å²) < 4.78 is 13.2. The summed E-state index contributed by atoms with van der Waals surface area (Å²) in [5, 5.41) is 3.89. The van der Waals surface area contributed by atoms with Gasteiger partial charge in [-0.25, -0.2) is 0 Å². The number of rotatable bonds is 6. The van der Waals surface area contributed by atoms with E-state index < -0.39 is 15.8 Å². The van der Waals surface area contributed by atoms with Crippen LogP contribution in [0.4, 0.5) is 17.3 Å². The second kappa shape index (κ2) is 11.0. The fourth-order valence-corrected chi connectivity index (χ4v) is 7.00. The summed E-state index contributed by atoms with van der Waals surface area (Å²) in [5.41, 5.74) is 4.52. The number of nitrogens with zero attached hydrogens (tertiary/aromatic N) is 3. The second-order valence-corrected chi connectivity index (χ2v) is 11.7. The zero-order valence-electron chi connectivity index (χ0n) is 19.6. The monoisotopic (exact) mass is 554 g/mol. The number of ether oxygens (including phenoxy) is 2. The van der Waals surface area contributed by atoms with Crippen molar-refractivity contribution < 1.29 is 14.3 Å². The molecule has 1 aliphatic carbocycles. The molecule has 2 heterocycles. The van der Waals surface area contributed by atoms with E-state index in [2.05, 4.69) is 45.5 Å². The molecule has 2 aliphatic rings. The van der Waals surface area contributed by atoms with Crippen LogP contribution in [0.5, 0.6) is 5.75 Å². The van der Waals surface area contributed by atoms with Crippen molar-refractivity contribution in [2.45, 2.75) is 25.7 Å². The Morgan fingerprint density at radius 1 is 1.06 bits per heavy atom. The molecule has 0 radical (unpaired) electrons. The Kier molecular flexibility index (Phi) is 7.57. The number of Topliss-reactive ketones (excluding diaryl/α,β-unsaturated/α-hetero) is 1. The fraction of sp³-hybridized carbons (Fsp3) is 0.346. The molecule has 35 heavy (non-hydrogen) atoms. The number of nitrogens with one attached hydrogen (secondary N) is 1. The molecule has 1 unspecified atom stereocenters. The molecule has 1 aromatic heterocycles. The third-order valence-electron chi connectivity index (χ3n) is 6.37. The van der Waals surface area contributed by atoms with Crippen LogP contribution in [-0.2, 0) is 22.4 Å². The number of hydrogen-bond acceptors (Lipinski definition) is 7. The van der Waals surface area contributed by atoms with Crippen LogP contribution < -0.4 is 23.8 Å². The van der Waals surface area contributed by atoms with E-state index in [-0.39, 0.29) is 0 Å². The Balaban J connectivity index is 1.34. The molecule has 1 N–H and O–H groups in total. The third kappa shape index (κ3) is 5.80. The molecule has 1 fully saturated rings. The van der Waals surface area contributed by atoms with E-state index in [4.69, 9.17) is 26.1 Å². The SMILES string of the molecule is COc1cc(N2CCOCC2)ccc1[AsH]c1nc(Nc2ccc3c(c2)CCC(=O)CC3)ncc1Cl. The molecule has 7 nitrogen and oxygen atoms in total. The van der Waals surface area contributed by atoms with Crippen molar-refractivity contribution in [3.63, 3.8) is 0 Å². The number of carbonyl (C=O) groups is 1. The van der Waals surface area contributed by atoms with Crippen LogP contribution in [0.2, 0.25) is 5.02 Å². The minimum atomic E-state index is -0.857. The normalized spacial score (nSPS) is 16.3. The molecule has 5 rings (SSSR count). The molecule has 1 saturated heterocycles. The predicted molar refractivity (Wildman–Crippen MR) is 141 cm³/mol. The maximum absolute atomic E-state index is 11.8. The number of carbonyl (C=O) groups excluding carboxylic acids is 1. The van der Waals surface area contributed by atoms with Crippen molar-refractivity contribution >= 4 is 59.3 Å². The van der Waals surface area contributed by atoms with Crippen molar-refractivity contribution in [2.75, 3.05) is 43.6 Å². The average Bonchev–Trinajstić information content (AvgIpc) is 3.08. The second-order valence-electron chi connectivity index (χ2n) is 8.65. The summed E-state index contributed by atoms with van der Waals surface area (Å²) in [6.07, 6.45) is 4.49. The van der Waals surface area contributed by atoms with Crippen LogP contribution in [0.25, 0.3) is 0 Å². The number of methoxy groups -OCH3 is 1. The summed E-state index contributed by atoms with van der Waals surface area (Å²) in [6, 6.07) is 12.6. The van der Waals surface area contributed by atoms with Crippen LogP contribution in [0.3, 0.4) is 0 Å². The molecule has 0 amide bonds. The Morgan fingerprint density at radius 2 is 1.86 bits per heavy atom. The van der Waals surface area contributed by atoms with Gasteiger partial charge in [0.05, 0.1) is 0 Å². The van der Waals surface area contributed by atoms with Gasteiger partial charge in [0.1, 0.15) is 0 Å². The number of aromatic nitrogens is 2. The molecule has 0 spiro atoms. The first-order valence-corrected chi connectivity index (χ1v) is 14.3. The average molecular weight is 555 g/mol. The van der Waals surface area contributed by atoms with Gasteiger partial charge in [0.2, 0.25) is 0 Å². The molecule has 182 valence electrons. The van der Waals surface area contributed by atoms with Gasteiger partial charge >= 0.3 is 217 Å². The number of morpholine rings is 1. The summed E-state index contributed by atoms with van der Waals surface area (Å²) in [5.74, 6) is 1.71. The van der Waals surface area contributed by atoms with Gasteiger partial charge in [-0.15, -0.1) is 0 Å². The minimum absolute atomic E-state index is 0.333. The number of hydrogen-bond donors (Lipinski definition) is 1. The zero-order valence-corrected chi connectivity index (χ0v) is 22.5. The summed E-state index contributed by atoms with van der Waals surface area (Å²) in [6.45, 7) is 3.24. The van der Waals surface area contributed by atoms with E-state index in [0.29, 0.717) is 29.6 Å². The Hall–Kier alpha value is -2.60. The summed E-state index contributed by atoms with van der Waals surface area (Å²) in [4.78, 5) is 23.3. The van der Waals surface area contributed by atoms with Gasteiger partial charge in [-0.3, -0.25) is 0 Å². The molecule has 9 heteroatoms. The van der Waals surface area contributed by atoms with E-state index >= 15 is 0 Å². The van der Waals surface area contributed by atoms with Crippen molar-refractivity contribution in [2.24, 2.45) is 0 Å². The van der Waals surface area contributed by atoms with Crippen molar-refractivity contribution in [1.29, 1.82) is 0 Å². The van der Waals surface area contributed by atoms with Crippen molar-refractivity contribution in [3.8, 4) is 5.75 Å². The number of aryl methyl sites for hydroxylation is 2. The zero-order chi connectivity index (χ0) is 24.2. The fourth-order valence-electron chi connectivity index (χ4n) is 4.43. The molecule has 2 aromatic carbocycles. The maximum atomic E-state index is 11.8. The van der Waals surface area contributed by atoms with Gasteiger partial charge in [0.25, 0.3) is 0 Å². The van der Waals surface area contributed by atoms with E-state index in [9.17, 15) is 4.79 Å². The molecule has 1 atom stereocenters. The van der Waals surface area contributed by atoms with E-state index in [1.54, 1.807) is 13.3 Å². The molecular weight excluding hydrogens is 527 g/mol. The van der Waals surface area contributed by atoms with E-state index in [1.807, 2.05) is 6.07 Å². The number of halogens is 1. The molecule has 3 aromatic rings. The van der Waals surface area contributed by atoms with Gasteiger partial charge in [0, 0.05) is 0 Å². The number of fused-ring (bicyclic) bond motifs is 1. The van der Waals surface area contributed by atoms with Gasteiger partial charge in [-0.1, -0.05) is 0 Å². The summed E-state index contributed by atoms with van der Waals surface area (Å²) >= 11 is 5.65. The standard InChI is InChI=1S/C26H28AsClN4O3/c1-34-24-15-20(32-10-12-35-13-11-32)6-9-22(24)27-25-23(28)16-29-26(31-25)30-19-5-2-17-3-7-21(33)8-4-18(17)14-19/h2,5-6,9,14-16,27H,3-4,7-8,10-13H2,1H3,(H,29,30,31). The Bertz CT molecular complexity index is 1230. The third-order valence-corrected chi connectivity index (χ3v) is 9.70. The number of ketones is 1. The topological polar surface area (TPSA) is 76.6 Å². The number of benzene rings is 2. The Morgan fingerprint density at radius 3 is 2.66 bits per heavy atom. The quantitative estimate of drug-likeness (QED) is 0.371. The van der Waals surface area contributed by atoms with Crippen molar-refractivity contribution in [1.82, 2.24) is 9.97 Å². The van der Waals surface area contributed by atoms with Crippen LogP contribution in [0.15, 0.2) is 42.6 Å². The molecule has 0 saturated carbocycles. The first-order valence-electron chi connectivity index (χ1n) is 11.8. The molecular formula is C26H28AsClN4O3. The van der Waals surface area contributed by atoms with Gasteiger partial charge < -0.3 is 0 Å². The van der Waals surface area contributed by atoms with Crippen LogP contribution >= 0.6 is 11.6 Å². The predicted octanol–water partition coefficient (Wildman–Crippen LogP) is 2.55. The van der Waals surface area contributed by atoms with Gasteiger partial charge in [0.15, 0.2) is 0 Å². The number of anilines is 3. The van der Waals surface area contributed by atoms with Gasteiger partial charge in [-0.2, -0.15) is 0 Å². The van der Waals surface area contributed by atoms with Crippen molar-refractivity contribution in [3.05, 3.63) is 58.7 Å². The van der Waals surface area contributed by atoms with Crippen LogP contribution in [-0.4, -0.2) is 64.9 Å². The van der Waals surface area contributed by atoms with E-state index in [0.717, 1.165) is 65.1 Å². The van der Waals surface area contributed by atoms with Gasteiger partial charge in [-0.05, 0) is 0 Å². The first-order chi connectivity index (χ1) is 17.1. The van der Waals surface area contributed by atoms with E-state index in [1.165, 1.54) is 11.1 Å². The molecule has 1 aliphatic heterocycles. The summed E-state index contributed by atoms with van der Waals surface area (Å²) in [7, 11) is 1.70. The first kappa shape index (κ1) is 24.1.